The number of thioether (sulfide) groups is 1. The number of hydrogen-bond acceptors (Lipinski definition) is 10. The Hall–Kier alpha value is -2.96. The van der Waals surface area contributed by atoms with Crippen LogP contribution in [0.4, 0.5) is 5.13 Å². The minimum atomic E-state index is -0.985. The van der Waals surface area contributed by atoms with Crippen molar-refractivity contribution < 1.29 is 19.4 Å². The summed E-state index contributed by atoms with van der Waals surface area (Å²) in [6, 6.07) is 11.5. The number of aromatic nitrogens is 3. The highest BCUT2D eigenvalue weighted by Crippen LogP contribution is 2.47. The van der Waals surface area contributed by atoms with Crippen LogP contribution in [0.1, 0.15) is 57.3 Å². The third-order valence-electron chi connectivity index (χ3n) is 6.50. The molecule has 3 heterocycles. The van der Waals surface area contributed by atoms with Crippen molar-refractivity contribution in [3.05, 3.63) is 90.5 Å². The number of anilines is 1. The number of aliphatic hydroxyl groups excluding tert-OH is 1. The number of hydrogen-bond donors (Lipinski definition) is 1. The third kappa shape index (κ3) is 6.21. The van der Waals surface area contributed by atoms with Gasteiger partial charge in [0, 0.05) is 21.4 Å². The number of ether oxygens (including phenoxy) is 1. The Balaban J connectivity index is 1.53. The van der Waals surface area contributed by atoms with Crippen LogP contribution in [0.15, 0.2) is 58.1 Å². The van der Waals surface area contributed by atoms with Crippen molar-refractivity contribution in [2.24, 2.45) is 0 Å². The summed E-state index contributed by atoms with van der Waals surface area (Å²) in [5, 5.41) is 21.8. The van der Waals surface area contributed by atoms with Gasteiger partial charge < -0.3 is 9.84 Å². The molecule has 1 N–H and O–H groups in total. The number of Topliss-reactive ketones (excluding diaryl/α,β-unsaturated/α-hetero) is 1. The Kier molecular flexibility index (Phi) is 9.54. The van der Waals surface area contributed by atoms with Crippen LogP contribution in [-0.4, -0.2) is 38.6 Å². The zero-order chi connectivity index (χ0) is 30.0. The number of carbonyl (C=O) groups excluding carboxylic acids is 2. The smallest absolute Gasteiger partial charge is 0.296 e. The van der Waals surface area contributed by atoms with Crippen LogP contribution < -0.4 is 9.64 Å². The minimum absolute atomic E-state index is 0.0457. The summed E-state index contributed by atoms with van der Waals surface area (Å²) in [6.07, 6.45) is 1.78. The van der Waals surface area contributed by atoms with E-state index in [9.17, 15) is 14.7 Å². The lowest BCUT2D eigenvalue weighted by molar-refractivity contribution is -0.117. The molecule has 13 heteroatoms. The van der Waals surface area contributed by atoms with Crippen LogP contribution in [0.2, 0.25) is 10.0 Å². The van der Waals surface area contributed by atoms with Gasteiger partial charge >= 0.3 is 0 Å². The number of nitrogens with zero attached hydrogens (tertiary/aromatic N) is 4. The molecule has 1 amide bonds. The average molecular weight is 662 g/mol. The van der Waals surface area contributed by atoms with Gasteiger partial charge in [0.25, 0.3) is 5.91 Å². The number of unbranched alkanes of at least 4 members (excludes halogenated alkanes) is 1. The number of ketones is 1. The van der Waals surface area contributed by atoms with Crippen LogP contribution >= 0.6 is 57.6 Å². The van der Waals surface area contributed by atoms with Gasteiger partial charge in [-0.15, -0.1) is 21.5 Å². The van der Waals surface area contributed by atoms with Crippen LogP contribution in [0.5, 0.6) is 5.75 Å². The van der Waals surface area contributed by atoms with Crippen LogP contribution in [0.3, 0.4) is 0 Å². The lowest BCUT2D eigenvalue weighted by atomic mass is 9.94. The summed E-state index contributed by atoms with van der Waals surface area (Å²) in [7, 11) is 0. The Morgan fingerprint density at radius 2 is 1.93 bits per heavy atom. The first-order valence-corrected chi connectivity index (χ1v) is 16.4. The number of aliphatic hydroxyl groups is 1. The molecule has 0 aliphatic carbocycles. The second-order valence-electron chi connectivity index (χ2n) is 9.43. The number of para-hydroxylation sites is 1. The molecule has 2 aromatic heterocycles. The first kappa shape index (κ1) is 30.5. The van der Waals surface area contributed by atoms with Crippen LogP contribution in [0, 0.1) is 13.8 Å². The van der Waals surface area contributed by atoms with E-state index in [1.165, 1.54) is 39.3 Å². The molecular weight excluding hydrogens is 635 g/mol. The highest BCUT2D eigenvalue weighted by atomic mass is 35.5. The number of aryl methyl sites for hydroxylation is 2. The van der Waals surface area contributed by atoms with Crippen molar-refractivity contribution in [3.8, 4) is 5.75 Å². The number of benzene rings is 2. The SMILES string of the molecule is CCCCOc1ccccc1C1C(C(=O)c2sc(C)nc2C)=C(O)C(=O)N1c1nnc(SCc2ccc(Cl)cc2Cl)s1. The van der Waals surface area contributed by atoms with Gasteiger partial charge in [0.1, 0.15) is 11.8 Å². The van der Waals surface area contributed by atoms with Crippen LogP contribution in [0.25, 0.3) is 0 Å². The normalized spacial score (nSPS) is 15.1. The molecule has 0 bridgehead atoms. The first-order chi connectivity index (χ1) is 20.2. The third-order valence-corrected chi connectivity index (χ3v) is 10.3. The van der Waals surface area contributed by atoms with Gasteiger partial charge in [-0.3, -0.25) is 14.5 Å². The molecule has 5 rings (SSSR count). The van der Waals surface area contributed by atoms with E-state index in [2.05, 4.69) is 22.1 Å². The average Bonchev–Trinajstić information content (AvgIpc) is 3.64. The first-order valence-electron chi connectivity index (χ1n) is 13.1. The van der Waals surface area contributed by atoms with E-state index in [-0.39, 0.29) is 10.7 Å². The van der Waals surface area contributed by atoms with Crippen molar-refractivity contribution in [2.75, 3.05) is 11.5 Å². The van der Waals surface area contributed by atoms with Gasteiger partial charge in [-0.2, -0.15) is 0 Å². The van der Waals surface area contributed by atoms with Gasteiger partial charge in [-0.1, -0.05) is 83.9 Å². The fraction of sp³-hybridized carbons (Fsp3) is 0.276. The fourth-order valence-corrected chi connectivity index (χ4v) is 7.79. The summed E-state index contributed by atoms with van der Waals surface area (Å²) in [4.78, 5) is 33.7. The van der Waals surface area contributed by atoms with Crippen molar-refractivity contribution in [3.63, 3.8) is 0 Å². The molecule has 1 aliphatic rings. The predicted molar refractivity (Wildman–Crippen MR) is 169 cm³/mol. The molecule has 8 nitrogen and oxygen atoms in total. The lowest BCUT2D eigenvalue weighted by Crippen LogP contribution is -2.31. The maximum atomic E-state index is 14.0. The zero-order valence-electron chi connectivity index (χ0n) is 22.9. The number of rotatable bonds is 11. The van der Waals surface area contributed by atoms with Gasteiger partial charge in [0.2, 0.25) is 10.9 Å². The van der Waals surface area contributed by atoms with E-state index in [1.807, 2.05) is 18.2 Å². The maximum Gasteiger partial charge on any atom is 0.296 e. The molecule has 4 aromatic rings. The highest BCUT2D eigenvalue weighted by Gasteiger charge is 2.47. The number of halogens is 2. The molecule has 42 heavy (non-hydrogen) atoms. The quantitative estimate of drug-likeness (QED) is 0.0743. The predicted octanol–water partition coefficient (Wildman–Crippen LogP) is 8.17. The lowest BCUT2D eigenvalue weighted by Gasteiger charge is -2.25. The van der Waals surface area contributed by atoms with E-state index in [4.69, 9.17) is 27.9 Å². The number of thiazole rings is 1. The molecule has 1 unspecified atom stereocenters. The number of carbonyl (C=O) groups is 2. The molecule has 1 atom stereocenters. The summed E-state index contributed by atoms with van der Waals surface area (Å²) in [5.74, 6) is -0.804. The standard InChI is InChI=1S/C29H26Cl2N4O4S3/c1-4-5-12-39-21-9-7-6-8-19(21)23-22(24(36)26-15(2)32-16(3)41-26)25(37)27(38)35(23)28-33-34-29(42-28)40-14-17-10-11-18(30)13-20(17)31/h6-11,13,23,37H,4-5,12,14H2,1-3H3. The fourth-order valence-electron chi connectivity index (χ4n) is 4.49. The van der Waals surface area contributed by atoms with Crippen molar-refractivity contribution in [1.29, 1.82) is 0 Å². The van der Waals surface area contributed by atoms with Gasteiger partial charge in [-0.05, 0) is 44.0 Å². The number of amides is 1. The summed E-state index contributed by atoms with van der Waals surface area (Å²) >= 11 is 16.2. The van der Waals surface area contributed by atoms with Crippen molar-refractivity contribution >= 4 is 74.5 Å². The second kappa shape index (κ2) is 13.1. The molecule has 2 aromatic carbocycles. The van der Waals surface area contributed by atoms with Gasteiger partial charge in [0.05, 0.1) is 27.8 Å². The molecule has 0 spiro atoms. The molecule has 218 valence electrons. The van der Waals surface area contributed by atoms with E-state index >= 15 is 0 Å². The summed E-state index contributed by atoms with van der Waals surface area (Å²) in [6.45, 7) is 6.07. The summed E-state index contributed by atoms with van der Waals surface area (Å²) in [5.41, 5.74) is 1.93. The van der Waals surface area contributed by atoms with Gasteiger partial charge in [-0.25, -0.2) is 4.98 Å². The Bertz CT molecular complexity index is 1690. The molecule has 0 saturated heterocycles. The van der Waals surface area contributed by atoms with Crippen LogP contribution in [-0.2, 0) is 10.5 Å². The van der Waals surface area contributed by atoms with E-state index in [0.717, 1.165) is 18.4 Å². The Morgan fingerprint density at radius 1 is 1.14 bits per heavy atom. The largest absolute Gasteiger partial charge is 0.503 e. The molecule has 0 radical (unpaired) electrons. The molecular formula is C29H26Cl2N4O4S3. The monoisotopic (exact) mass is 660 g/mol. The van der Waals surface area contributed by atoms with Crippen molar-refractivity contribution in [1.82, 2.24) is 15.2 Å². The van der Waals surface area contributed by atoms with Crippen molar-refractivity contribution in [2.45, 2.75) is 49.7 Å². The van der Waals surface area contributed by atoms with E-state index < -0.39 is 23.5 Å². The van der Waals surface area contributed by atoms with Gasteiger partial charge in [0.15, 0.2) is 10.1 Å². The molecule has 0 fully saturated rings. The Morgan fingerprint density at radius 3 is 2.64 bits per heavy atom. The second-order valence-corrected chi connectivity index (χ2v) is 13.7. The summed E-state index contributed by atoms with van der Waals surface area (Å²) < 4.78 is 6.68. The van der Waals surface area contributed by atoms with E-state index in [1.54, 1.807) is 38.1 Å². The highest BCUT2D eigenvalue weighted by molar-refractivity contribution is 8.00. The minimum Gasteiger partial charge on any atom is -0.503 e. The topological polar surface area (TPSA) is 106 Å². The molecule has 0 saturated carbocycles. The zero-order valence-corrected chi connectivity index (χ0v) is 26.9. The van der Waals surface area contributed by atoms with E-state index in [0.29, 0.717) is 53.6 Å². The Labute approximate surface area is 265 Å². The maximum absolute atomic E-state index is 14.0. The molecule has 1 aliphatic heterocycles.